The maximum absolute atomic E-state index is 11.8. The Bertz CT molecular complexity index is 293. The molecule has 0 heterocycles. The van der Waals surface area contributed by atoms with Gasteiger partial charge in [0.2, 0.25) is 0 Å². The molecule has 2 amide bonds. The molecule has 0 aliphatic carbocycles. The lowest BCUT2D eigenvalue weighted by atomic mass is 9.99. The van der Waals surface area contributed by atoms with Crippen LogP contribution in [-0.2, 0) is 9.53 Å². The maximum atomic E-state index is 11.8. The first kappa shape index (κ1) is 18.7. The lowest BCUT2D eigenvalue weighted by Gasteiger charge is -2.21. The molecule has 0 fully saturated rings. The second kappa shape index (κ2) is 10.5. The van der Waals surface area contributed by atoms with Crippen LogP contribution in [0.2, 0.25) is 0 Å². The summed E-state index contributed by atoms with van der Waals surface area (Å²) in [6.45, 7) is 8.69. The van der Waals surface area contributed by atoms with E-state index in [4.69, 9.17) is 4.74 Å². The SMILES string of the molecule is CCCC[C@@H](CC)CNC(=O)N[C@H](C(=O)OC)C(C)C. The van der Waals surface area contributed by atoms with Crippen molar-refractivity contribution in [2.24, 2.45) is 11.8 Å². The van der Waals surface area contributed by atoms with Crippen LogP contribution in [0.3, 0.4) is 0 Å². The van der Waals surface area contributed by atoms with E-state index in [0.717, 1.165) is 12.8 Å². The Morgan fingerprint density at radius 3 is 2.30 bits per heavy atom. The highest BCUT2D eigenvalue weighted by Gasteiger charge is 2.24. The first-order chi connectivity index (χ1) is 9.46. The number of esters is 1. The monoisotopic (exact) mass is 286 g/mol. The molecule has 0 saturated heterocycles. The van der Waals surface area contributed by atoms with E-state index in [1.54, 1.807) is 0 Å². The molecule has 2 N–H and O–H groups in total. The molecule has 0 spiro atoms. The summed E-state index contributed by atoms with van der Waals surface area (Å²) < 4.78 is 4.69. The molecule has 5 nitrogen and oxygen atoms in total. The third-order valence-corrected chi connectivity index (χ3v) is 3.50. The first-order valence-corrected chi connectivity index (χ1v) is 7.58. The highest BCUT2D eigenvalue weighted by atomic mass is 16.5. The van der Waals surface area contributed by atoms with Crippen LogP contribution < -0.4 is 10.6 Å². The van der Waals surface area contributed by atoms with E-state index >= 15 is 0 Å². The Labute approximate surface area is 122 Å². The molecule has 0 radical (unpaired) electrons. The molecule has 0 unspecified atom stereocenters. The molecule has 0 aromatic heterocycles. The van der Waals surface area contributed by atoms with Gasteiger partial charge in [-0.2, -0.15) is 0 Å². The van der Waals surface area contributed by atoms with E-state index in [2.05, 4.69) is 24.5 Å². The van der Waals surface area contributed by atoms with E-state index in [9.17, 15) is 9.59 Å². The molecule has 0 aliphatic heterocycles. The second-order valence-electron chi connectivity index (χ2n) is 5.52. The lowest BCUT2D eigenvalue weighted by Crippen LogP contribution is -2.49. The Morgan fingerprint density at radius 2 is 1.85 bits per heavy atom. The van der Waals surface area contributed by atoms with E-state index in [1.807, 2.05) is 13.8 Å². The van der Waals surface area contributed by atoms with Gasteiger partial charge in [0.25, 0.3) is 0 Å². The third-order valence-electron chi connectivity index (χ3n) is 3.50. The largest absolute Gasteiger partial charge is 0.467 e. The van der Waals surface area contributed by atoms with Crippen LogP contribution in [0.4, 0.5) is 4.79 Å². The van der Waals surface area contributed by atoms with E-state index in [1.165, 1.54) is 20.0 Å². The number of hydrogen-bond donors (Lipinski definition) is 2. The van der Waals surface area contributed by atoms with E-state index in [0.29, 0.717) is 12.5 Å². The van der Waals surface area contributed by atoms with Gasteiger partial charge in [-0.25, -0.2) is 9.59 Å². The Morgan fingerprint density at radius 1 is 1.20 bits per heavy atom. The topological polar surface area (TPSA) is 67.4 Å². The summed E-state index contributed by atoms with van der Waals surface area (Å²) in [5, 5.41) is 5.53. The number of unbranched alkanes of at least 4 members (excludes halogenated alkanes) is 1. The van der Waals surface area contributed by atoms with Crippen LogP contribution in [0.1, 0.15) is 53.4 Å². The number of urea groups is 1. The number of methoxy groups -OCH3 is 1. The van der Waals surface area contributed by atoms with Gasteiger partial charge in [0.15, 0.2) is 0 Å². The van der Waals surface area contributed by atoms with Gasteiger partial charge in [0, 0.05) is 6.54 Å². The van der Waals surface area contributed by atoms with Crippen LogP contribution in [-0.4, -0.2) is 31.7 Å². The number of rotatable bonds is 9. The van der Waals surface area contributed by atoms with Gasteiger partial charge < -0.3 is 15.4 Å². The molecule has 0 rings (SSSR count). The van der Waals surface area contributed by atoms with Crippen molar-refractivity contribution >= 4 is 12.0 Å². The van der Waals surface area contributed by atoms with Crippen LogP contribution >= 0.6 is 0 Å². The first-order valence-electron chi connectivity index (χ1n) is 7.58. The summed E-state index contributed by atoms with van der Waals surface area (Å²) in [6.07, 6.45) is 4.52. The molecule has 20 heavy (non-hydrogen) atoms. The fourth-order valence-corrected chi connectivity index (χ4v) is 2.00. The summed E-state index contributed by atoms with van der Waals surface area (Å²) in [4.78, 5) is 23.4. The highest BCUT2D eigenvalue weighted by molar-refractivity contribution is 5.83. The van der Waals surface area contributed by atoms with Crippen molar-refractivity contribution in [3.63, 3.8) is 0 Å². The van der Waals surface area contributed by atoms with Crippen molar-refractivity contribution in [2.75, 3.05) is 13.7 Å². The number of ether oxygens (including phenoxy) is 1. The summed E-state index contributed by atoms with van der Waals surface area (Å²) in [5.74, 6) is 0.0831. The van der Waals surface area contributed by atoms with Crippen LogP contribution in [0.5, 0.6) is 0 Å². The molecule has 0 saturated carbocycles. The van der Waals surface area contributed by atoms with Gasteiger partial charge in [0.1, 0.15) is 6.04 Å². The van der Waals surface area contributed by atoms with Gasteiger partial charge in [-0.15, -0.1) is 0 Å². The zero-order valence-corrected chi connectivity index (χ0v) is 13.5. The molecule has 0 aromatic carbocycles. The van der Waals surface area contributed by atoms with Gasteiger partial charge in [-0.05, 0) is 18.3 Å². The number of carbonyl (C=O) groups excluding carboxylic acids is 2. The minimum atomic E-state index is -0.601. The Hall–Kier alpha value is -1.26. The molecule has 5 heteroatoms. The van der Waals surface area contributed by atoms with Crippen LogP contribution in [0.15, 0.2) is 0 Å². The molecule has 2 atom stereocenters. The molecule has 0 aromatic rings. The van der Waals surface area contributed by atoms with Crippen molar-refractivity contribution in [3.8, 4) is 0 Å². The fraction of sp³-hybridized carbons (Fsp3) is 0.867. The average molecular weight is 286 g/mol. The molecular weight excluding hydrogens is 256 g/mol. The highest BCUT2D eigenvalue weighted by Crippen LogP contribution is 2.11. The van der Waals surface area contributed by atoms with Gasteiger partial charge in [-0.3, -0.25) is 0 Å². The van der Waals surface area contributed by atoms with Crippen LogP contribution in [0.25, 0.3) is 0 Å². The van der Waals surface area contributed by atoms with Crippen molar-refractivity contribution in [2.45, 2.75) is 59.4 Å². The van der Waals surface area contributed by atoms with Crippen molar-refractivity contribution in [3.05, 3.63) is 0 Å². The normalized spacial score (nSPS) is 13.7. The number of carbonyl (C=O) groups is 2. The smallest absolute Gasteiger partial charge is 0.328 e. The van der Waals surface area contributed by atoms with Crippen molar-refractivity contribution < 1.29 is 14.3 Å². The van der Waals surface area contributed by atoms with Gasteiger partial charge in [-0.1, -0.05) is 47.0 Å². The molecule has 0 aliphatic rings. The maximum Gasteiger partial charge on any atom is 0.328 e. The van der Waals surface area contributed by atoms with E-state index < -0.39 is 12.0 Å². The zero-order valence-electron chi connectivity index (χ0n) is 13.5. The molecular formula is C15H30N2O3. The van der Waals surface area contributed by atoms with Gasteiger partial charge in [0.05, 0.1) is 7.11 Å². The average Bonchev–Trinajstić information content (AvgIpc) is 2.43. The fourth-order valence-electron chi connectivity index (χ4n) is 2.00. The standard InChI is InChI=1S/C15H30N2O3/c1-6-8-9-12(7-2)10-16-15(19)17-13(11(3)4)14(18)20-5/h11-13H,6-10H2,1-5H3,(H2,16,17,19)/t12-,13+/m1/s1. The minimum Gasteiger partial charge on any atom is -0.467 e. The second-order valence-corrected chi connectivity index (χ2v) is 5.52. The quantitative estimate of drug-likeness (QED) is 0.640. The number of hydrogen-bond acceptors (Lipinski definition) is 3. The third kappa shape index (κ3) is 7.36. The Balaban J connectivity index is 4.22. The van der Waals surface area contributed by atoms with Gasteiger partial charge >= 0.3 is 12.0 Å². The van der Waals surface area contributed by atoms with Crippen molar-refractivity contribution in [1.29, 1.82) is 0 Å². The zero-order chi connectivity index (χ0) is 15.5. The van der Waals surface area contributed by atoms with E-state index in [-0.39, 0.29) is 11.9 Å². The molecule has 118 valence electrons. The minimum absolute atomic E-state index is 0.00439. The Kier molecular flexibility index (Phi) is 9.86. The van der Waals surface area contributed by atoms with Crippen LogP contribution in [0, 0.1) is 11.8 Å². The molecule has 0 bridgehead atoms. The summed E-state index contributed by atoms with van der Waals surface area (Å²) in [7, 11) is 1.33. The summed E-state index contributed by atoms with van der Waals surface area (Å²) in [5.41, 5.74) is 0. The summed E-state index contributed by atoms with van der Waals surface area (Å²) in [6, 6.07) is -0.903. The predicted octanol–water partition coefficient (Wildman–Crippen LogP) is 2.70. The summed E-state index contributed by atoms with van der Waals surface area (Å²) >= 11 is 0. The number of nitrogens with one attached hydrogen (secondary N) is 2. The number of amides is 2. The predicted molar refractivity (Wildman–Crippen MR) is 80.5 cm³/mol. The lowest BCUT2D eigenvalue weighted by molar-refractivity contribution is -0.143. The van der Waals surface area contributed by atoms with Crippen molar-refractivity contribution in [1.82, 2.24) is 10.6 Å².